The molecule has 0 aliphatic carbocycles. The minimum absolute atomic E-state index is 0.0545. The number of aromatic hydroxyl groups is 1. The molecule has 1 amide bonds. The summed E-state index contributed by atoms with van der Waals surface area (Å²) < 4.78 is 1.32. The van der Waals surface area contributed by atoms with Gasteiger partial charge in [0.15, 0.2) is 0 Å². The smallest absolute Gasteiger partial charge is 0.244 e. The first kappa shape index (κ1) is 17.0. The van der Waals surface area contributed by atoms with Crippen molar-refractivity contribution in [1.29, 1.82) is 0 Å². The molecule has 0 spiro atoms. The second-order valence-corrected chi connectivity index (χ2v) is 6.63. The van der Waals surface area contributed by atoms with Gasteiger partial charge in [-0.2, -0.15) is 5.10 Å². The minimum Gasteiger partial charge on any atom is -0.506 e. The number of nitrogens with one attached hydrogen (secondary N) is 1. The number of carbonyl (C=O) groups is 1. The van der Waals surface area contributed by atoms with Crippen molar-refractivity contribution < 1.29 is 9.90 Å². The molecule has 0 aromatic heterocycles. The lowest BCUT2D eigenvalue weighted by Crippen LogP contribution is -2.19. The van der Waals surface area contributed by atoms with E-state index in [0.717, 1.165) is 10.0 Å². The Morgan fingerprint density at radius 2 is 1.95 bits per heavy atom. The van der Waals surface area contributed by atoms with E-state index in [4.69, 9.17) is 11.6 Å². The van der Waals surface area contributed by atoms with Gasteiger partial charge in [-0.15, -0.1) is 0 Å². The zero-order valence-corrected chi connectivity index (χ0v) is 15.1. The SMILES string of the molecule is O=C(Cc1ccc(Cl)cc1)N/N=C\c1cc(Br)cc(Br)c1O. The summed E-state index contributed by atoms with van der Waals surface area (Å²) in [7, 11) is 0. The fraction of sp³-hybridized carbons (Fsp3) is 0.0667. The van der Waals surface area contributed by atoms with E-state index < -0.39 is 0 Å². The van der Waals surface area contributed by atoms with Crippen molar-refractivity contribution >= 4 is 55.6 Å². The van der Waals surface area contributed by atoms with Gasteiger partial charge in [0.1, 0.15) is 5.75 Å². The molecule has 0 aliphatic heterocycles. The van der Waals surface area contributed by atoms with Gasteiger partial charge < -0.3 is 5.11 Å². The Morgan fingerprint density at radius 3 is 2.64 bits per heavy atom. The predicted molar refractivity (Wildman–Crippen MR) is 94.4 cm³/mol. The van der Waals surface area contributed by atoms with Crippen molar-refractivity contribution in [2.45, 2.75) is 6.42 Å². The number of halogens is 3. The Hall–Kier alpha value is -1.37. The summed E-state index contributed by atoms with van der Waals surface area (Å²) in [5, 5.41) is 14.3. The summed E-state index contributed by atoms with van der Waals surface area (Å²) >= 11 is 12.3. The number of amides is 1. The molecule has 0 radical (unpaired) electrons. The number of nitrogens with zero attached hydrogens (tertiary/aromatic N) is 1. The quantitative estimate of drug-likeness (QED) is 0.545. The molecular formula is C15H11Br2ClN2O2. The van der Waals surface area contributed by atoms with E-state index in [9.17, 15) is 9.90 Å². The van der Waals surface area contributed by atoms with Gasteiger partial charge in [0, 0.05) is 15.1 Å². The van der Waals surface area contributed by atoms with Crippen molar-refractivity contribution in [1.82, 2.24) is 5.43 Å². The Morgan fingerprint density at radius 1 is 1.27 bits per heavy atom. The number of benzene rings is 2. The molecule has 2 aromatic carbocycles. The van der Waals surface area contributed by atoms with Crippen LogP contribution in [0.2, 0.25) is 5.02 Å². The molecule has 0 aliphatic rings. The third-order valence-corrected chi connectivity index (χ3v) is 4.04. The van der Waals surface area contributed by atoms with Gasteiger partial charge in [0.2, 0.25) is 5.91 Å². The monoisotopic (exact) mass is 444 g/mol. The second-order valence-electron chi connectivity index (χ2n) is 4.42. The molecular weight excluding hydrogens is 435 g/mol. The van der Waals surface area contributed by atoms with Crippen LogP contribution in [-0.2, 0) is 11.2 Å². The highest BCUT2D eigenvalue weighted by molar-refractivity contribution is 9.11. The molecule has 0 saturated carbocycles. The van der Waals surface area contributed by atoms with Crippen LogP contribution in [0.15, 0.2) is 50.4 Å². The molecule has 2 aromatic rings. The van der Waals surface area contributed by atoms with E-state index in [-0.39, 0.29) is 18.1 Å². The van der Waals surface area contributed by atoms with Crippen LogP contribution >= 0.6 is 43.5 Å². The third kappa shape index (κ3) is 4.83. The summed E-state index contributed by atoms with van der Waals surface area (Å²) in [5.41, 5.74) is 3.73. The fourth-order valence-corrected chi connectivity index (χ4v) is 3.07. The summed E-state index contributed by atoms with van der Waals surface area (Å²) in [6, 6.07) is 10.4. The Bertz CT molecular complexity index is 718. The highest BCUT2D eigenvalue weighted by Gasteiger charge is 2.06. The van der Waals surface area contributed by atoms with Gasteiger partial charge in [-0.05, 0) is 45.8 Å². The molecule has 0 heterocycles. The number of phenolic OH excluding ortho intramolecular Hbond substituents is 1. The molecule has 0 fully saturated rings. The average Bonchev–Trinajstić information content (AvgIpc) is 2.46. The summed E-state index contributed by atoms with van der Waals surface area (Å²) in [6.45, 7) is 0. The first-order chi connectivity index (χ1) is 10.5. The highest BCUT2D eigenvalue weighted by Crippen LogP contribution is 2.30. The summed E-state index contributed by atoms with van der Waals surface area (Å²) in [6.07, 6.45) is 1.58. The molecule has 0 saturated heterocycles. The van der Waals surface area contributed by atoms with Crippen molar-refractivity contribution in [2.75, 3.05) is 0 Å². The van der Waals surface area contributed by atoms with Gasteiger partial charge in [0.25, 0.3) is 0 Å². The van der Waals surface area contributed by atoms with Gasteiger partial charge in [-0.3, -0.25) is 4.79 Å². The normalized spacial score (nSPS) is 10.9. The van der Waals surface area contributed by atoms with E-state index in [1.54, 1.807) is 36.4 Å². The van der Waals surface area contributed by atoms with E-state index >= 15 is 0 Å². The van der Waals surface area contributed by atoms with Crippen LogP contribution in [0.5, 0.6) is 5.75 Å². The number of phenols is 1. The second kappa shape index (κ2) is 7.76. The van der Waals surface area contributed by atoms with Crippen molar-refractivity contribution in [3.05, 3.63) is 61.5 Å². The molecule has 2 rings (SSSR count). The van der Waals surface area contributed by atoms with Gasteiger partial charge in [-0.25, -0.2) is 5.43 Å². The van der Waals surface area contributed by atoms with Crippen LogP contribution < -0.4 is 5.43 Å². The number of hydrogen-bond donors (Lipinski definition) is 2. The maximum absolute atomic E-state index is 11.8. The molecule has 2 N–H and O–H groups in total. The van der Waals surface area contributed by atoms with E-state index in [0.29, 0.717) is 15.1 Å². The number of rotatable bonds is 4. The van der Waals surface area contributed by atoms with Gasteiger partial charge in [0.05, 0.1) is 17.1 Å². The number of hydrazone groups is 1. The molecule has 4 nitrogen and oxygen atoms in total. The van der Waals surface area contributed by atoms with Gasteiger partial charge in [-0.1, -0.05) is 39.7 Å². The lowest BCUT2D eigenvalue weighted by Gasteiger charge is -2.03. The predicted octanol–water partition coefficient (Wildman–Crippen LogP) is 4.26. The van der Waals surface area contributed by atoms with Crippen LogP contribution in [0.1, 0.15) is 11.1 Å². The van der Waals surface area contributed by atoms with Crippen molar-refractivity contribution in [3.8, 4) is 5.75 Å². The number of carbonyl (C=O) groups excluding carboxylic acids is 1. The first-order valence-electron chi connectivity index (χ1n) is 6.20. The highest BCUT2D eigenvalue weighted by atomic mass is 79.9. The van der Waals surface area contributed by atoms with Crippen LogP contribution in [0.4, 0.5) is 0 Å². The molecule has 0 bridgehead atoms. The number of hydrogen-bond acceptors (Lipinski definition) is 3. The molecule has 114 valence electrons. The van der Waals surface area contributed by atoms with Crippen LogP contribution in [-0.4, -0.2) is 17.2 Å². The third-order valence-electron chi connectivity index (χ3n) is 2.73. The van der Waals surface area contributed by atoms with Gasteiger partial charge >= 0.3 is 0 Å². The Kier molecular flexibility index (Phi) is 5.99. The zero-order valence-electron chi connectivity index (χ0n) is 11.2. The van der Waals surface area contributed by atoms with E-state index in [1.807, 2.05) is 0 Å². The van der Waals surface area contributed by atoms with E-state index in [2.05, 4.69) is 42.4 Å². The van der Waals surface area contributed by atoms with Crippen molar-refractivity contribution in [3.63, 3.8) is 0 Å². The summed E-state index contributed by atoms with van der Waals surface area (Å²) in [4.78, 5) is 11.8. The van der Waals surface area contributed by atoms with Crippen molar-refractivity contribution in [2.24, 2.45) is 5.10 Å². The maximum Gasteiger partial charge on any atom is 0.244 e. The molecule has 22 heavy (non-hydrogen) atoms. The Labute approximate surface area is 149 Å². The first-order valence-corrected chi connectivity index (χ1v) is 8.16. The summed E-state index contributed by atoms with van der Waals surface area (Å²) in [5.74, 6) is -0.203. The molecule has 0 atom stereocenters. The largest absolute Gasteiger partial charge is 0.506 e. The molecule has 7 heteroatoms. The molecule has 0 unspecified atom stereocenters. The van der Waals surface area contributed by atoms with Crippen LogP contribution in [0.3, 0.4) is 0 Å². The average molecular weight is 447 g/mol. The van der Waals surface area contributed by atoms with E-state index in [1.165, 1.54) is 6.21 Å². The standard InChI is InChI=1S/C15H11Br2ClN2O2/c16-11-6-10(15(22)13(17)7-11)8-19-20-14(21)5-9-1-3-12(18)4-2-9/h1-4,6-8,22H,5H2,(H,20,21)/b19-8-. The topological polar surface area (TPSA) is 61.7 Å². The maximum atomic E-state index is 11.8. The zero-order chi connectivity index (χ0) is 16.1. The lowest BCUT2D eigenvalue weighted by atomic mass is 10.1. The van der Waals surface area contributed by atoms with Crippen LogP contribution in [0.25, 0.3) is 0 Å². The minimum atomic E-state index is -0.257. The fourth-order valence-electron chi connectivity index (χ4n) is 1.69. The van der Waals surface area contributed by atoms with Crippen LogP contribution in [0, 0.1) is 0 Å². The Balaban J connectivity index is 1.97. The lowest BCUT2D eigenvalue weighted by molar-refractivity contribution is -0.120.